The summed E-state index contributed by atoms with van der Waals surface area (Å²) in [6.07, 6.45) is 3.83. The molecule has 1 saturated heterocycles. The van der Waals surface area contributed by atoms with Gasteiger partial charge in [0.2, 0.25) is 0 Å². The molecule has 2 rings (SSSR count). The van der Waals surface area contributed by atoms with Crippen LogP contribution < -0.4 is 10.1 Å². The summed E-state index contributed by atoms with van der Waals surface area (Å²) in [6, 6.07) is 9.49. The molecule has 0 saturated carbocycles. The van der Waals surface area contributed by atoms with Gasteiger partial charge in [0.1, 0.15) is 5.75 Å². The molecule has 1 N–H and O–H groups in total. The topological polar surface area (TPSA) is 24.5 Å². The molecule has 0 aromatic heterocycles. The zero-order valence-electron chi connectivity index (χ0n) is 13.1. The molecule has 0 bridgehead atoms. The molecule has 2 unspecified atom stereocenters. The summed E-state index contributed by atoms with van der Waals surface area (Å²) in [5, 5.41) is 3.72. The highest BCUT2D eigenvalue weighted by molar-refractivity contribution is 5.29. The first-order valence-electron chi connectivity index (χ1n) is 7.86. The van der Waals surface area contributed by atoms with E-state index >= 15 is 0 Å². The number of ether oxygens (including phenoxy) is 1. The monoisotopic (exact) mass is 276 g/mol. The minimum atomic E-state index is 0.436. The largest absolute Gasteiger partial charge is 0.497 e. The van der Waals surface area contributed by atoms with Crippen molar-refractivity contribution in [2.75, 3.05) is 26.7 Å². The van der Waals surface area contributed by atoms with Crippen LogP contribution in [-0.2, 0) is 0 Å². The van der Waals surface area contributed by atoms with Crippen molar-refractivity contribution in [3.05, 3.63) is 29.8 Å². The summed E-state index contributed by atoms with van der Waals surface area (Å²) in [5.41, 5.74) is 1.35. The van der Waals surface area contributed by atoms with E-state index in [1.54, 1.807) is 7.11 Å². The van der Waals surface area contributed by atoms with Crippen LogP contribution in [0.3, 0.4) is 0 Å². The van der Waals surface area contributed by atoms with Crippen LogP contribution in [0.25, 0.3) is 0 Å². The number of methoxy groups -OCH3 is 1. The summed E-state index contributed by atoms with van der Waals surface area (Å²) in [7, 11) is 1.71. The predicted octanol–water partition coefficient (Wildman–Crippen LogP) is 3.22. The van der Waals surface area contributed by atoms with Gasteiger partial charge >= 0.3 is 0 Å². The fourth-order valence-electron chi connectivity index (χ4n) is 2.96. The number of benzene rings is 1. The van der Waals surface area contributed by atoms with E-state index < -0.39 is 0 Å². The maximum absolute atomic E-state index is 5.22. The van der Waals surface area contributed by atoms with Crippen molar-refractivity contribution >= 4 is 0 Å². The van der Waals surface area contributed by atoms with Gasteiger partial charge in [0.15, 0.2) is 0 Å². The molecule has 0 radical (unpaired) electrons. The molecule has 3 nitrogen and oxygen atoms in total. The van der Waals surface area contributed by atoms with Crippen LogP contribution in [0.4, 0.5) is 0 Å². The molecule has 1 aliphatic heterocycles. The molecule has 3 heteroatoms. The Morgan fingerprint density at radius 1 is 1.20 bits per heavy atom. The van der Waals surface area contributed by atoms with Crippen LogP contribution in [0.5, 0.6) is 5.75 Å². The second-order valence-corrected chi connectivity index (χ2v) is 5.73. The molecule has 1 heterocycles. The maximum Gasteiger partial charge on any atom is 0.118 e. The van der Waals surface area contributed by atoms with E-state index in [4.69, 9.17) is 4.74 Å². The minimum Gasteiger partial charge on any atom is -0.497 e. The third kappa shape index (κ3) is 3.97. The molecule has 0 amide bonds. The van der Waals surface area contributed by atoms with Gasteiger partial charge in [-0.3, -0.25) is 4.90 Å². The Morgan fingerprint density at radius 3 is 2.40 bits per heavy atom. The van der Waals surface area contributed by atoms with Gasteiger partial charge in [-0.15, -0.1) is 0 Å². The summed E-state index contributed by atoms with van der Waals surface area (Å²) in [4.78, 5) is 2.59. The van der Waals surface area contributed by atoms with Crippen LogP contribution in [0.2, 0.25) is 0 Å². The van der Waals surface area contributed by atoms with Gasteiger partial charge in [-0.2, -0.15) is 0 Å². The Kier molecular flexibility index (Phi) is 5.86. The first-order chi connectivity index (χ1) is 9.74. The average Bonchev–Trinajstić information content (AvgIpc) is 3.02. The number of nitrogens with zero attached hydrogens (tertiary/aromatic N) is 1. The molecule has 1 fully saturated rings. The molecule has 0 spiro atoms. The van der Waals surface area contributed by atoms with Gasteiger partial charge in [-0.25, -0.2) is 0 Å². The van der Waals surface area contributed by atoms with Crippen molar-refractivity contribution in [1.82, 2.24) is 10.2 Å². The molecule has 20 heavy (non-hydrogen) atoms. The molecular weight excluding hydrogens is 248 g/mol. The molecule has 0 aliphatic carbocycles. The molecular formula is C17H28N2O. The zero-order chi connectivity index (χ0) is 14.4. The lowest BCUT2D eigenvalue weighted by Crippen LogP contribution is -2.39. The summed E-state index contributed by atoms with van der Waals surface area (Å²) >= 11 is 0. The van der Waals surface area contributed by atoms with Crippen LogP contribution in [0.15, 0.2) is 24.3 Å². The number of hydrogen-bond donors (Lipinski definition) is 1. The van der Waals surface area contributed by atoms with E-state index in [-0.39, 0.29) is 0 Å². The van der Waals surface area contributed by atoms with E-state index in [9.17, 15) is 0 Å². The van der Waals surface area contributed by atoms with E-state index in [0.717, 1.165) is 18.7 Å². The summed E-state index contributed by atoms with van der Waals surface area (Å²) in [5.74, 6) is 0.925. The quantitative estimate of drug-likeness (QED) is 0.827. The Bertz CT molecular complexity index is 384. The second-order valence-electron chi connectivity index (χ2n) is 5.73. The van der Waals surface area contributed by atoms with E-state index in [2.05, 4.69) is 36.2 Å². The summed E-state index contributed by atoms with van der Waals surface area (Å²) in [6.45, 7) is 8.16. The number of hydrogen-bond acceptors (Lipinski definition) is 3. The third-order valence-electron chi connectivity index (χ3n) is 4.35. The molecule has 112 valence electrons. The van der Waals surface area contributed by atoms with Crippen LogP contribution in [0.1, 0.15) is 44.7 Å². The van der Waals surface area contributed by atoms with Crippen molar-refractivity contribution < 1.29 is 4.74 Å². The van der Waals surface area contributed by atoms with Gasteiger partial charge in [0.25, 0.3) is 0 Å². The lowest BCUT2D eigenvalue weighted by Gasteiger charge is -2.27. The predicted molar refractivity (Wildman–Crippen MR) is 84.3 cm³/mol. The van der Waals surface area contributed by atoms with Crippen molar-refractivity contribution in [2.45, 2.75) is 45.2 Å². The Labute approximate surface area is 123 Å². The highest BCUT2D eigenvalue weighted by Crippen LogP contribution is 2.20. The molecule has 1 aromatic rings. The van der Waals surface area contributed by atoms with E-state index in [1.165, 1.54) is 31.5 Å². The van der Waals surface area contributed by atoms with Crippen molar-refractivity contribution in [3.63, 3.8) is 0 Å². The van der Waals surface area contributed by atoms with E-state index in [0.29, 0.717) is 12.1 Å². The van der Waals surface area contributed by atoms with Crippen molar-refractivity contribution in [3.8, 4) is 5.75 Å². The Morgan fingerprint density at radius 2 is 1.85 bits per heavy atom. The SMILES string of the molecule is CCC(NCC(C)N1CCCC1)c1ccc(OC)cc1. The second kappa shape index (κ2) is 7.65. The van der Waals surface area contributed by atoms with Gasteiger partial charge in [-0.1, -0.05) is 19.1 Å². The highest BCUT2D eigenvalue weighted by atomic mass is 16.5. The normalized spacial score (nSPS) is 18.9. The average molecular weight is 276 g/mol. The Hall–Kier alpha value is -1.06. The van der Waals surface area contributed by atoms with Gasteiger partial charge in [0.05, 0.1) is 7.11 Å². The first kappa shape index (κ1) is 15.3. The van der Waals surface area contributed by atoms with Gasteiger partial charge in [-0.05, 0) is 57.0 Å². The van der Waals surface area contributed by atoms with Crippen LogP contribution >= 0.6 is 0 Å². The standard InChI is InChI=1S/C17H28N2O/c1-4-17(15-7-9-16(20-3)10-8-15)18-13-14(2)19-11-5-6-12-19/h7-10,14,17-18H,4-6,11-13H2,1-3H3. The maximum atomic E-state index is 5.22. The smallest absolute Gasteiger partial charge is 0.118 e. The third-order valence-corrected chi connectivity index (χ3v) is 4.35. The zero-order valence-corrected chi connectivity index (χ0v) is 13.1. The fourth-order valence-corrected chi connectivity index (χ4v) is 2.96. The molecule has 1 aliphatic rings. The van der Waals surface area contributed by atoms with Crippen LogP contribution in [0, 0.1) is 0 Å². The first-order valence-corrected chi connectivity index (χ1v) is 7.86. The number of likely N-dealkylation sites (tertiary alicyclic amines) is 1. The van der Waals surface area contributed by atoms with E-state index in [1.807, 2.05) is 12.1 Å². The van der Waals surface area contributed by atoms with Crippen molar-refractivity contribution in [1.29, 1.82) is 0 Å². The molecule has 2 atom stereocenters. The minimum absolute atomic E-state index is 0.436. The number of rotatable bonds is 7. The lowest BCUT2D eigenvalue weighted by atomic mass is 10.0. The van der Waals surface area contributed by atoms with Gasteiger partial charge in [0, 0.05) is 18.6 Å². The van der Waals surface area contributed by atoms with Gasteiger partial charge < -0.3 is 10.1 Å². The van der Waals surface area contributed by atoms with Crippen molar-refractivity contribution in [2.24, 2.45) is 0 Å². The van der Waals surface area contributed by atoms with Crippen LogP contribution in [-0.4, -0.2) is 37.7 Å². The number of nitrogens with one attached hydrogen (secondary N) is 1. The summed E-state index contributed by atoms with van der Waals surface area (Å²) < 4.78 is 5.22. The molecule has 1 aromatic carbocycles. The Balaban J connectivity index is 1.87. The highest BCUT2D eigenvalue weighted by Gasteiger charge is 2.19. The lowest BCUT2D eigenvalue weighted by molar-refractivity contribution is 0.245. The fraction of sp³-hybridized carbons (Fsp3) is 0.647.